The molecule has 0 bridgehead atoms. The van der Waals surface area contributed by atoms with Crippen LogP contribution in [-0.2, 0) is 23.8 Å². The number of hydrogen-bond donors (Lipinski definition) is 5. The quantitative estimate of drug-likeness (QED) is 0.154. The lowest BCUT2D eigenvalue weighted by atomic mass is 9.97. The molecule has 1 fully saturated rings. The minimum absolute atomic E-state index is 0.0615. The first-order chi connectivity index (χ1) is 16.5. The molecule has 0 aromatic carbocycles. The third-order valence-electron chi connectivity index (χ3n) is 5.33. The fourth-order valence-electron chi connectivity index (χ4n) is 3.35. The van der Waals surface area contributed by atoms with Crippen LogP contribution in [-0.4, -0.2) is 85.5 Å². The van der Waals surface area contributed by atoms with Gasteiger partial charge in [0.05, 0.1) is 13.2 Å². The van der Waals surface area contributed by atoms with Crippen LogP contribution in [0, 0.1) is 11.3 Å². The van der Waals surface area contributed by atoms with E-state index in [2.05, 4.69) is 16.0 Å². The summed E-state index contributed by atoms with van der Waals surface area (Å²) >= 11 is 0. The van der Waals surface area contributed by atoms with Gasteiger partial charge in [-0.1, -0.05) is 20.8 Å². The number of ether oxygens (including phenoxy) is 3. The molecule has 1 heterocycles. The Kier molecular flexibility index (Phi) is 12.7. The van der Waals surface area contributed by atoms with E-state index >= 15 is 0 Å². The van der Waals surface area contributed by atoms with Gasteiger partial charge in [-0.15, -0.1) is 0 Å². The van der Waals surface area contributed by atoms with Crippen LogP contribution in [0.5, 0.6) is 0 Å². The number of piperidine rings is 1. The molecule has 1 rings (SSSR count). The first kappa shape index (κ1) is 29.8. The SMILES string of the molecule is CCCOC(=O)OC[C@@H](NC(=O)OCC(C)C)C(=O)N[C@@H](C)C(=O)N[C@H]1CCCN(C(=N)N)C1C. The predicted octanol–water partition coefficient (Wildman–Crippen LogP) is 0.668. The number of hydrogen-bond acceptors (Lipinski definition) is 8. The van der Waals surface area contributed by atoms with Gasteiger partial charge in [0, 0.05) is 18.6 Å². The Morgan fingerprint density at radius 2 is 1.74 bits per heavy atom. The monoisotopic (exact) mass is 500 g/mol. The van der Waals surface area contributed by atoms with Crippen molar-refractivity contribution in [2.24, 2.45) is 11.7 Å². The number of rotatable bonds is 11. The smallest absolute Gasteiger partial charge is 0.449 e. The first-order valence-electron chi connectivity index (χ1n) is 11.9. The normalized spacial score (nSPS) is 19.2. The standard InChI is InChI=1S/C22H40N6O7/c1-6-10-33-22(32)35-12-17(27-21(31)34-11-13(2)3)19(30)25-14(4)18(29)26-16-8-7-9-28(15(16)5)20(23)24/h13-17H,6-12H2,1-5H3,(H3,23,24)(H,25,30)(H,26,29)(H,27,31)/t14-,15?,16-,17+/m0/s1. The summed E-state index contributed by atoms with van der Waals surface area (Å²) in [7, 11) is 0. The van der Waals surface area contributed by atoms with E-state index in [9.17, 15) is 19.2 Å². The highest BCUT2D eigenvalue weighted by Gasteiger charge is 2.32. The summed E-state index contributed by atoms with van der Waals surface area (Å²) in [6.45, 7) is 9.30. The molecule has 0 saturated carbocycles. The molecular formula is C22H40N6O7. The molecule has 6 N–H and O–H groups in total. The second-order valence-corrected chi connectivity index (χ2v) is 8.91. The van der Waals surface area contributed by atoms with Crippen LogP contribution in [0.15, 0.2) is 0 Å². The maximum absolute atomic E-state index is 12.8. The molecule has 35 heavy (non-hydrogen) atoms. The number of nitrogens with one attached hydrogen (secondary N) is 4. The highest BCUT2D eigenvalue weighted by atomic mass is 16.7. The summed E-state index contributed by atoms with van der Waals surface area (Å²) in [6, 6.07) is -2.69. The van der Waals surface area contributed by atoms with Crippen molar-refractivity contribution in [2.75, 3.05) is 26.4 Å². The van der Waals surface area contributed by atoms with Crippen molar-refractivity contribution in [3.8, 4) is 0 Å². The second-order valence-electron chi connectivity index (χ2n) is 8.91. The maximum atomic E-state index is 12.8. The minimum atomic E-state index is -1.30. The van der Waals surface area contributed by atoms with E-state index in [-0.39, 0.29) is 37.2 Å². The molecule has 4 atom stereocenters. The molecule has 0 radical (unpaired) electrons. The number of nitrogens with two attached hydrogens (primary N) is 1. The number of guanidine groups is 1. The molecule has 200 valence electrons. The van der Waals surface area contributed by atoms with Crippen molar-refractivity contribution in [3.05, 3.63) is 0 Å². The van der Waals surface area contributed by atoms with E-state index in [1.54, 1.807) is 4.90 Å². The van der Waals surface area contributed by atoms with E-state index in [1.807, 2.05) is 27.7 Å². The number of carbonyl (C=O) groups excluding carboxylic acids is 4. The van der Waals surface area contributed by atoms with Gasteiger partial charge in [-0.2, -0.15) is 0 Å². The molecule has 13 heteroatoms. The van der Waals surface area contributed by atoms with Crippen molar-refractivity contribution in [2.45, 2.75) is 78.0 Å². The summed E-state index contributed by atoms with van der Waals surface area (Å²) in [5.74, 6) is -1.16. The highest BCUT2D eigenvalue weighted by Crippen LogP contribution is 2.17. The van der Waals surface area contributed by atoms with E-state index in [4.69, 9.17) is 25.4 Å². The number of likely N-dealkylation sites (tertiary alicyclic amines) is 1. The lowest BCUT2D eigenvalue weighted by Crippen LogP contribution is -2.60. The van der Waals surface area contributed by atoms with Gasteiger partial charge in [-0.25, -0.2) is 9.59 Å². The maximum Gasteiger partial charge on any atom is 0.508 e. The van der Waals surface area contributed by atoms with Crippen molar-refractivity contribution in [1.82, 2.24) is 20.9 Å². The van der Waals surface area contributed by atoms with Crippen LogP contribution in [0.1, 0.15) is 53.9 Å². The molecule has 13 nitrogen and oxygen atoms in total. The Balaban J connectivity index is 2.74. The zero-order valence-electron chi connectivity index (χ0n) is 21.2. The Bertz CT molecular complexity index is 748. The Hall–Kier alpha value is -3.25. The van der Waals surface area contributed by atoms with E-state index in [0.717, 1.165) is 6.42 Å². The molecule has 0 spiro atoms. The van der Waals surface area contributed by atoms with Gasteiger partial charge < -0.3 is 40.8 Å². The molecule has 0 aromatic rings. The van der Waals surface area contributed by atoms with Crippen molar-refractivity contribution < 1.29 is 33.4 Å². The molecule has 1 aliphatic rings. The largest absolute Gasteiger partial charge is 0.508 e. The number of amides is 3. The van der Waals surface area contributed by atoms with Gasteiger partial charge >= 0.3 is 12.2 Å². The molecule has 0 aliphatic carbocycles. The minimum Gasteiger partial charge on any atom is -0.449 e. The van der Waals surface area contributed by atoms with Crippen molar-refractivity contribution in [3.63, 3.8) is 0 Å². The summed E-state index contributed by atoms with van der Waals surface area (Å²) < 4.78 is 14.8. The van der Waals surface area contributed by atoms with E-state index in [1.165, 1.54) is 6.92 Å². The Labute approximate surface area is 206 Å². The van der Waals surface area contributed by atoms with Gasteiger partial charge in [0.2, 0.25) is 11.8 Å². The van der Waals surface area contributed by atoms with Crippen LogP contribution >= 0.6 is 0 Å². The zero-order chi connectivity index (χ0) is 26.5. The number of nitrogens with zero attached hydrogens (tertiary/aromatic N) is 1. The molecule has 3 amide bonds. The van der Waals surface area contributed by atoms with Crippen molar-refractivity contribution >= 4 is 30.0 Å². The third-order valence-corrected chi connectivity index (χ3v) is 5.33. The average molecular weight is 501 g/mol. The van der Waals surface area contributed by atoms with E-state index < -0.39 is 42.8 Å². The third kappa shape index (κ3) is 10.7. The fraction of sp³-hybridized carbons (Fsp3) is 0.773. The summed E-state index contributed by atoms with van der Waals surface area (Å²) in [6.07, 6.45) is 0.216. The Morgan fingerprint density at radius 1 is 1.06 bits per heavy atom. The van der Waals surface area contributed by atoms with Gasteiger partial charge in [-0.05, 0) is 39.0 Å². The highest BCUT2D eigenvalue weighted by molar-refractivity contribution is 5.91. The average Bonchev–Trinajstić information content (AvgIpc) is 2.79. The van der Waals surface area contributed by atoms with Gasteiger partial charge in [0.25, 0.3) is 0 Å². The topological polar surface area (TPSA) is 185 Å². The summed E-state index contributed by atoms with van der Waals surface area (Å²) in [4.78, 5) is 51.0. The van der Waals surface area contributed by atoms with Gasteiger partial charge in [-0.3, -0.25) is 15.0 Å². The first-order valence-corrected chi connectivity index (χ1v) is 11.9. The molecule has 1 saturated heterocycles. The lowest BCUT2D eigenvalue weighted by Gasteiger charge is -2.40. The second kappa shape index (κ2) is 14.9. The van der Waals surface area contributed by atoms with Crippen LogP contribution in [0.2, 0.25) is 0 Å². The Morgan fingerprint density at radius 3 is 2.34 bits per heavy atom. The number of alkyl carbamates (subject to hydrolysis) is 1. The van der Waals surface area contributed by atoms with Gasteiger partial charge in [0.1, 0.15) is 18.7 Å². The summed E-state index contributed by atoms with van der Waals surface area (Å²) in [5, 5.41) is 15.4. The zero-order valence-corrected chi connectivity index (χ0v) is 21.2. The van der Waals surface area contributed by atoms with Crippen LogP contribution < -0.4 is 21.7 Å². The molecule has 0 aromatic heterocycles. The lowest BCUT2D eigenvalue weighted by molar-refractivity contribution is -0.130. The van der Waals surface area contributed by atoms with Crippen molar-refractivity contribution in [1.29, 1.82) is 5.41 Å². The van der Waals surface area contributed by atoms with Crippen LogP contribution in [0.4, 0.5) is 9.59 Å². The summed E-state index contributed by atoms with van der Waals surface area (Å²) in [5.41, 5.74) is 5.61. The fourth-order valence-corrected chi connectivity index (χ4v) is 3.35. The molecule has 1 aliphatic heterocycles. The van der Waals surface area contributed by atoms with E-state index in [0.29, 0.717) is 19.4 Å². The predicted molar refractivity (Wildman–Crippen MR) is 128 cm³/mol. The van der Waals surface area contributed by atoms with Crippen LogP contribution in [0.3, 0.4) is 0 Å². The van der Waals surface area contributed by atoms with Gasteiger partial charge in [0.15, 0.2) is 5.96 Å². The molecule has 1 unspecified atom stereocenters. The molecular weight excluding hydrogens is 460 g/mol. The van der Waals surface area contributed by atoms with Crippen LogP contribution in [0.25, 0.3) is 0 Å². The number of carbonyl (C=O) groups is 4.